The average molecular weight is 460 g/mol. The van der Waals surface area contributed by atoms with Crippen LogP contribution in [0.3, 0.4) is 0 Å². The van der Waals surface area contributed by atoms with Crippen LogP contribution in [0.2, 0.25) is 0 Å². The van der Waals surface area contributed by atoms with Gasteiger partial charge in [-0.2, -0.15) is 0 Å². The topological polar surface area (TPSA) is 65.1 Å². The van der Waals surface area contributed by atoms with Crippen molar-refractivity contribution in [2.45, 2.75) is 63.3 Å². The Balaban J connectivity index is 1.14. The lowest BCUT2D eigenvalue weighted by Crippen LogP contribution is -2.49. The van der Waals surface area contributed by atoms with Crippen molar-refractivity contribution in [2.24, 2.45) is 11.8 Å². The third-order valence-electron chi connectivity index (χ3n) is 8.85. The predicted octanol–water partition coefficient (Wildman–Crippen LogP) is 4.76. The third kappa shape index (κ3) is 4.27. The number of aldehydes is 1. The second-order valence-electron chi connectivity index (χ2n) is 10.9. The summed E-state index contributed by atoms with van der Waals surface area (Å²) in [7, 11) is 0. The highest BCUT2D eigenvalue weighted by Crippen LogP contribution is 2.41. The molecule has 34 heavy (non-hydrogen) atoms. The van der Waals surface area contributed by atoms with Gasteiger partial charge in [-0.1, -0.05) is 0 Å². The molecule has 0 bridgehead atoms. The van der Waals surface area contributed by atoms with Crippen LogP contribution in [-0.2, 0) is 4.79 Å². The van der Waals surface area contributed by atoms with Crippen LogP contribution in [0.1, 0.15) is 62.8 Å². The summed E-state index contributed by atoms with van der Waals surface area (Å²) >= 11 is 0. The molecule has 2 unspecified atom stereocenters. The molecule has 2 aliphatic heterocycles. The summed E-state index contributed by atoms with van der Waals surface area (Å²) in [6.07, 6.45) is 16.9. The summed E-state index contributed by atoms with van der Waals surface area (Å²) in [6, 6.07) is 4.44. The number of nitrogens with zero attached hydrogens (tertiary/aromatic N) is 4. The number of nitrogens with one attached hydrogen (secondary N) is 1. The van der Waals surface area contributed by atoms with Gasteiger partial charge in [0.25, 0.3) is 0 Å². The molecule has 0 spiro atoms. The van der Waals surface area contributed by atoms with Crippen molar-refractivity contribution in [2.75, 3.05) is 32.7 Å². The Morgan fingerprint density at radius 3 is 2.71 bits per heavy atom. The second-order valence-corrected chi connectivity index (χ2v) is 10.9. The first-order chi connectivity index (χ1) is 16.8. The van der Waals surface area contributed by atoms with E-state index in [1.165, 1.54) is 62.6 Å². The molecule has 3 aromatic heterocycles. The van der Waals surface area contributed by atoms with E-state index in [1.54, 1.807) is 0 Å². The molecule has 3 aliphatic rings. The minimum absolute atomic E-state index is 0.0957. The van der Waals surface area contributed by atoms with Gasteiger partial charge in [0.1, 0.15) is 6.29 Å². The maximum absolute atomic E-state index is 12.3. The first kappa shape index (κ1) is 22.2. The number of pyridine rings is 2. The highest BCUT2D eigenvalue weighted by atomic mass is 16.1. The molecule has 3 fully saturated rings. The van der Waals surface area contributed by atoms with Crippen molar-refractivity contribution in [1.82, 2.24) is 24.8 Å². The molecule has 0 amide bonds. The summed E-state index contributed by atoms with van der Waals surface area (Å²) in [5, 5.41) is 2.43. The Labute approximate surface area is 202 Å². The molecule has 1 saturated carbocycles. The lowest BCUT2D eigenvalue weighted by atomic mass is 9.75. The number of H-pyrrole nitrogens is 1. The van der Waals surface area contributed by atoms with Crippen LogP contribution < -0.4 is 0 Å². The fraction of sp³-hybridized carbons (Fsp3) is 0.607. The van der Waals surface area contributed by atoms with Gasteiger partial charge in [-0.15, -0.1) is 0 Å². The summed E-state index contributed by atoms with van der Waals surface area (Å²) in [5.74, 6) is 1.75. The van der Waals surface area contributed by atoms with Crippen LogP contribution >= 0.6 is 0 Å². The number of piperidine rings is 1. The van der Waals surface area contributed by atoms with E-state index in [0.29, 0.717) is 11.8 Å². The molecule has 1 N–H and O–H groups in total. The van der Waals surface area contributed by atoms with E-state index in [2.05, 4.69) is 43.1 Å². The van der Waals surface area contributed by atoms with Crippen LogP contribution in [0.4, 0.5) is 0 Å². The lowest BCUT2D eigenvalue weighted by Gasteiger charge is -2.42. The molecule has 6 rings (SSSR count). The molecule has 6 nitrogen and oxygen atoms in total. The number of likely N-dealkylation sites (tertiary alicyclic amines) is 2. The molecular weight excluding hydrogens is 422 g/mol. The largest absolute Gasteiger partial charge is 0.360 e. The van der Waals surface area contributed by atoms with Crippen molar-refractivity contribution in [1.29, 1.82) is 0 Å². The van der Waals surface area contributed by atoms with Gasteiger partial charge in [0.05, 0.1) is 17.8 Å². The maximum atomic E-state index is 12.3. The van der Waals surface area contributed by atoms with E-state index in [9.17, 15) is 4.79 Å². The first-order valence-electron chi connectivity index (χ1n) is 13.4. The second kappa shape index (κ2) is 9.74. The number of carbonyl (C=O) groups is 1. The van der Waals surface area contributed by atoms with Crippen LogP contribution in [0.25, 0.3) is 21.9 Å². The highest BCUT2D eigenvalue weighted by molar-refractivity contribution is 6.05. The van der Waals surface area contributed by atoms with Crippen molar-refractivity contribution in [3.63, 3.8) is 0 Å². The molecule has 180 valence electrons. The zero-order valence-electron chi connectivity index (χ0n) is 20.2. The monoisotopic (exact) mass is 459 g/mol. The minimum atomic E-state index is 0.0957. The number of aromatic amines is 1. The SMILES string of the molecule is O=CC(C1CCC(c2cc[nH]c3cnc4nccc4c23)CC1)N1CCCC(CN2CCCC2)C1. The van der Waals surface area contributed by atoms with Crippen LogP contribution in [0.5, 0.6) is 0 Å². The van der Waals surface area contributed by atoms with E-state index in [-0.39, 0.29) is 6.04 Å². The van der Waals surface area contributed by atoms with Gasteiger partial charge in [-0.3, -0.25) is 4.90 Å². The fourth-order valence-corrected chi connectivity index (χ4v) is 7.14. The van der Waals surface area contributed by atoms with Crippen molar-refractivity contribution < 1.29 is 4.79 Å². The smallest absolute Gasteiger partial charge is 0.159 e. The van der Waals surface area contributed by atoms with Crippen LogP contribution in [0.15, 0.2) is 30.7 Å². The molecule has 3 aromatic rings. The molecular formula is C28H37N5O. The van der Waals surface area contributed by atoms with Gasteiger partial charge in [0, 0.05) is 36.3 Å². The number of fused-ring (bicyclic) bond motifs is 3. The Bertz CT molecular complexity index is 1130. The minimum Gasteiger partial charge on any atom is -0.360 e. The number of hydrogen-bond acceptors (Lipinski definition) is 5. The first-order valence-corrected chi connectivity index (χ1v) is 13.4. The zero-order valence-corrected chi connectivity index (χ0v) is 20.2. The lowest BCUT2D eigenvalue weighted by molar-refractivity contribution is -0.115. The summed E-state index contributed by atoms with van der Waals surface area (Å²) in [6.45, 7) is 5.97. The quantitative estimate of drug-likeness (QED) is 0.539. The van der Waals surface area contributed by atoms with Crippen molar-refractivity contribution >= 4 is 28.2 Å². The van der Waals surface area contributed by atoms with Crippen LogP contribution in [-0.4, -0.2) is 69.8 Å². The summed E-state index contributed by atoms with van der Waals surface area (Å²) < 4.78 is 0. The van der Waals surface area contributed by atoms with E-state index >= 15 is 0 Å². The van der Waals surface area contributed by atoms with Gasteiger partial charge < -0.3 is 14.7 Å². The Morgan fingerprint density at radius 2 is 1.88 bits per heavy atom. The molecule has 2 saturated heterocycles. The summed E-state index contributed by atoms with van der Waals surface area (Å²) in [4.78, 5) is 29.8. The van der Waals surface area contributed by atoms with Crippen molar-refractivity contribution in [3.8, 4) is 0 Å². The average Bonchev–Trinajstić information content (AvgIpc) is 3.57. The van der Waals surface area contributed by atoms with Gasteiger partial charge in [0.15, 0.2) is 5.65 Å². The Morgan fingerprint density at radius 1 is 1.03 bits per heavy atom. The number of hydrogen-bond donors (Lipinski definition) is 1. The van der Waals surface area contributed by atoms with Gasteiger partial charge in [-0.25, -0.2) is 9.97 Å². The van der Waals surface area contributed by atoms with E-state index < -0.39 is 0 Å². The normalized spacial score (nSPS) is 27.9. The van der Waals surface area contributed by atoms with E-state index in [0.717, 1.165) is 61.2 Å². The van der Waals surface area contributed by atoms with Gasteiger partial charge in [-0.05, 0) is 106 Å². The Hall–Kier alpha value is -2.31. The number of rotatable bonds is 6. The van der Waals surface area contributed by atoms with Crippen LogP contribution in [0, 0.1) is 11.8 Å². The molecule has 2 atom stereocenters. The van der Waals surface area contributed by atoms with Gasteiger partial charge in [0.2, 0.25) is 0 Å². The molecule has 0 radical (unpaired) electrons. The molecule has 5 heterocycles. The zero-order chi connectivity index (χ0) is 22.9. The molecule has 1 aliphatic carbocycles. The molecule has 0 aromatic carbocycles. The molecule has 6 heteroatoms. The predicted molar refractivity (Wildman–Crippen MR) is 136 cm³/mol. The number of aromatic nitrogens is 3. The Kier molecular flexibility index (Phi) is 6.35. The van der Waals surface area contributed by atoms with E-state index in [4.69, 9.17) is 0 Å². The van der Waals surface area contributed by atoms with Crippen molar-refractivity contribution in [3.05, 3.63) is 36.3 Å². The number of carbonyl (C=O) groups excluding carboxylic acids is 1. The maximum Gasteiger partial charge on any atom is 0.159 e. The third-order valence-corrected chi connectivity index (χ3v) is 8.85. The standard InChI is InChI=1S/C28H37N5O/c34-19-26(33-15-3-4-20(18-33)17-32-13-1-2-14-32)22-7-5-21(6-8-22)23-9-11-29-25-16-31-28-24(27(23)25)10-12-30-28/h9-12,16,19-22,26,29H,1-8,13-15,17-18H2. The fourth-order valence-electron chi connectivity index (χ4n) is 7.14. The summed E-state index contributed by atoms with van der Waals surface area (Å²) in [5.41, 5.74) is 3.33. The highest BCUT2D eigenvalue weighted by Gasteiger charge is 2.35. The van der Waals surface area contributed by atoms with E-state index in [1.807, 2.05) is 12.4 Å². The van der Waals surface area contributed by atoms with Gasteiger partial charge >= 0.3 is 0 Å².